The normalized spacial score (nSPS) is 22.3. The van der Waals surface area contributed by atoms with Gasteiger partial charge in [-0.25, -0.2) is 8.42 Å². The first-order valence-corrected chi connectivity index (χ1v) is 13.0. The Morgan fingerprint density at radius 3 is 2.19 bits per heavy atom. The molecule has 2 aromatic carbocycles. The maximum absolute atomic E-state index is 13.1. The summed E-state index contributed by atoms with van der Waals surface area (Å²) in [5.74, 6) is -0.248. The van der Waals surface area contributed by atoms with Crippen LogP contribution in [0.25, 0.3) is 11.1 Å². The van der Waals surface area contributed by atoms with Crippen LogP contribution in [0.5, 0.6) is 0 Å². The molecule has 2 atom stereocenters. The molecule has 32 heavy (non-hydrogen) atoms. The van der Waals surface area contributed by atoms with Gasteiger partial charge in [0, 0.05) is 26.2 Å². The Morgan fingerprint density at radius 2 is 1.59 bits per heavy atom. The lowest BCUT2D eigenvalue weighted by Crippen LogP contribution is -2.44. The van der Waals surface area contributed by atoms with E-state index >= 15 is 0 Å². The van der Waals surface area contributed by atoms with Gasteiger partial charge < -0.3 is 10.2 Å². The highest BCUT2D eigenvalue weighted by Gasteiger charge is 2.38. The number of benzene rings is 2. The van der Waals surface area contributed by atoms with Crippen molar-refractivity contribution in [2.24, 2.45) is 0 Å². The molecule has 0 spiro atoms. The number of hydrogen-bond donors (Lipinski definition) is 1. The summed E-state index contributed by atoms with van der Waals surface area (Å²) < 4.78 is 27.5. The van der Waals surface area contributed by atoms with E-state index in [1.807, 2.05) is 12.1 Å². The van der Waals surface area contributed by atoms with Crippen molar-refractivity contribution in [3.63, 3.8) is 0 Å². The van der Waals surface area contributed by atoms with Gasteiger partial charge in [-0.2, -0.15) is 4.31 Å². The van der Waals surface area contributed by atoms with E-state index in [0.717, 1.165) is 24.1 Å². The number of sulfonamides is 1. The number of hydrogen-bond acceptors (Lipinski definition) is 4. The van der Waals surface area contributed by atoms with E-state index in [9.17, 15) is 13.2 Å². The van der Waals surface area contributed by atoms with Crippen LogP contribution in [0.3, 0.4) is 0 Å². The first kappa shape index (κ1) is 23.0. The minimum atomic E-state index is -3.70. The van der Waals surface area contributed by atoms with Crippen molar-refractivity contribution in [3.05, 3.63) is 54.1 Å². The van der Waals surface area contributed by atoms with Gasteiger partial charge in [-0.3, -0.25) is 4.79 Å². The van der Waals surface area contributed by atoms with Crippen LogP contribution in [-0.4, -0.2) is 62.3 Å². The van der Waals surface area contributed by atoms with E-state index in [1.165, 1.54) is 29.3 Å². The number of likely N-dealkylation sites (N-methyl/N-ethyl adjacent to an activating group) is 1. The highest BCUT2D eigenvalue weighted by molar-refractivity contribution is 7.89. The van der Waals surface area contributed by atoms with Gasteiger partial charge >= 0.3 is 0 Å². The quantitative estimate of drug-likeness (QED) is 0.696. The maximum atomic E-state index is 13.1. The molecule has 172 valence electrons. The minimum absolute atomic E-state index is 0.230. The van der Waals surface area contributed by atoms with E-state index in [4.69, 9.17) is 0 Å². The molecule has 7 heteroatoms. The van der Waals surface area contributed by atoms with E-state index < -0.39 is 16.1 Å². The topological polar surface area (TPSA) is 69.7 Å². The molecule has 0 saturated carbocycles. The second-order valence-electron chi connectivity index (χ2n) is 8.89. The number of rotatable bonds is 7. The Hall–Kier alpha value is -2.22. The fourth-order valence-corrected chi connectivity index (χ4v) is 6.53. The molecule has 2 saturated heterocycles. The molecular formula is C25H33N3O3S. The zero-order valence-electron chi connectivity index (χ0n) is 19.0. The van der Waals surface area contributed by atoms with Crippen LogP contribution in [0.2, 0.25) is 0 Å². The maximum Gasteiger partial charge on any atom is 0.243 e. The third-order valence-electron chi connectivity index (χ3n) is 6.88. The van der Waals surface area contributed by atoms with Crippen molar-refractivity contribution in [1.29, 1.82) is 0 Å². The third kappa shape index (κ3) is 4.75. The van der Waals surface area contributed by atoms with E-state index in [2.05, 4.69) is 41.4 Å². The number of nitrogens with zero attached hydrogens (tertiary/aromatic N) is 2. The van der Waals surface area contributed by atoms with Crippen LogP contribution in [0.4, 0.5) is 0 Å². The summed E-state index contributed by atoms with van der Waals surface area (Å²) in [6.07, 6.45) is 4.90. The molecule has 0 bridgehead atoms. The average Bonchev–Trinajstić information content (AvgIpc) is 3.47. The molecule has 0 aromatic heterocycles. The van der Waals surface area contributed by atoms with E-state index in [1.54, 1.807) is 19.2 Å². The summed E-state index contributed by atoms with van der Waals surface area (Å²) >= 11 is 0. The van der Waals surface area contributed by atoms with Gasteiger partial charge in [-0.15, -0.1) is 0 Å². The molecule has 0 aliphatic carbocycles. The van der Waals surface area contributed by atoms with Crippen molar-refractivity contribution >= 4 is 15.9 Å². The Balaban J connectivity index is 1.43. The predicted octanol–water partition coefficient (Wildman–Crippen LogP) is 3.28. The van der Waals surface area contributed by atoms with Crippen LogP contribution in [0.1, 0.15) is 38.2 Å². The number of nitrogens with one attached hydrogen (secondary N) is 1. The summed E-state index contributed by atoms with van der Waals surface area (Å²) in [7, 11) is -2.16. The summed E-state index contributed by atoms with van der Waals surface area (Å²) in [4.78, 5) is 14.9. The van der Waals surface area contributed by atoms with Gasteiger partial charge in [0.25, 0.3) is 0 Å². The standard InChI is InChI=1S/C25H33N3O3S/c1-19-5-3-16-27(19)18-15-20-7-9-21(10-8-20)22-11-13-23(14-12-22)32(30,31)28-17-4-6-24(28)25(29)26-2/h7-14,19,24H,3-6,15-18H2,1-2H3,(H,26,29)/t19-,24+/m1/s1. The number of amides is 1. The number of carbonyl (C=O) groups is 1. The minimum Gasteiger partial charge on any atom is -0.358 e. The third-order valence-corrected chi connectivity index (χ3v) is 8.80. The largest absolute Gasteiger partial charge is 0.358 e. The fourth-order valence-electron chi connectivity index (χ4n) is 4.87. The molecule has 1 amide bonds. The van der Waals surface area contributed by atoms with E-state index in [-0.39, 0.29) is 10.8 Å². The van der Waals surface area contributed by atoms with Crippen molar-refractivity contribution in [2.75, 3.05) is 26.7 Å². The lowest BCUT2D eigenvalue weighted by molar-refractivity contribution is -0.123. The zero-order chi connectivity index (χ0) is 22.7. The Morgan fingerprint density at radius 1 is 0.969 bits per heavy atom. The highest BCUT2D eigenvalue weighted by Crippen LogP contribution is 2.28. The number of carbonyl (C=O) groups excluding carboxylic acids is 1. The van der Waals surface area contributed by atoms with Crippen LogP contribution in [0.15, 0.2) is 53.4 Å². The molecule has 2 aromatic rings. The molecular weight excluding hydrogens is 422 g/mol. The lowest BCUT2D eigenvalue weighted by atomic mass is 10.0. The molecule has 2 fully saturated rings. The molecule has 2 aliphatic rings. The van der Waals surface area contributed by atoms with Gasteiger partial charge in [0.2, 0.25) is 15.9 Å². The predicted molar refractivity (Wildman–Crippen MR) is 127 cm³/mol. The van der Waals surface area contributed by atoms with Gasteiger partial charge in [0.15, 0.2) is 0 Å². The second kappa shape index (κ2) is 9.73. The molecule has 0 radical (unpaired) electrons. The van der Waals surface area contributed by atoms with Gasteiger partial charge in [-0.1, -0.05) is 36.4 Å². The molecule has 6 nitrogen and oxygen atoms in total. The molecule has 1 N–H and O–H groups in total. The van der Waals surface area contributed by atoms with Crippen LogP contribution >= 0.6 is 0 Å². The molecule has 4 rings (SSSR count). The monoisotopic (exact) mass is 455 g/mol. The average molecular weight is 456 g/mol. The summed E-state index contributed by atoms with van der Waals surface area (Å²) in [5, 5.41) is 2.57. The Bertz CT molecular complexity index is 1040. The SMILES string of the molecule is CNC(=O)[C@@H]1CCCN1S(=O)(=O)c1ccc(-c2ccc(CCN3CCC[C@H]3C)cc2)cc1. The summed E-state index contributed by atoms with van der Waals surface area (Å²) in [6.45, 7) is 4.98. The lowest BCUT2D eigenvalue weighted by Gasteiger charge is -2.22. The zero-order valence-corrected chi connectivity index (χ0v) is 19.8. The van der Waals surface area contributed by atoms with Crippen LogP contribution in [0, 0.1) is 0 Å². The first-order chi connectivity index (χ1) is 15.4. The highest BCUT2D eigenvalue weighted by atomic mass is 32.2. The number of likely N-dealkylation sites (tertiary alicyclic amines) is 1. The first-order valence-electron chi connectivity index (χ1n) is 11.6. The molecule has 2 aliphatic heterocycles. The van der Waals surface area contributed by atoms with Crippen molar-refractivity contribution in [3.8, 4) is 11.1 Å². The van der Waals surface area contributed by atoms with Crippen LogP contribution in [-0.2, 0) is 21.2 Å². The van der Waals surface area contributed by atoms with E-state index in [0.29, 0.717) is 25.4 Å². The summed E-state index contributed by atoms with van der Waals surface area (Å²) in [5.41, 5.74) is 3.37. The van der Waals surface area contributed by atoms with Gasteiger partial charge in [0.05, 0.1) is 4.90 Å². The fraction of sp³-hybridized carbons (Fsp3) is 0.480. The summed E-state index contributed by atoms with van der Waals surface area (Å²) in [6, 6.07) is 15.6. The molecule has 2 heterocycles. The molecule has 0 unspecified atom stereocenters. The van der Waals surface area contributed by atoms with Gasteiger partial charge in [-0.05, 0) is 74.4 Å². The van der Waals surface area contributed by atoms with Crippen molar-refractivity contribution in [1.82, 2.24) is 14.5 Å². The second-order valence-corrected chi connectivity index (χ2v) is 10.8. The van der Waals surface area contributed by atoms with Crippen molar-refractivity contribution in [2.45, 2.75) is 56.0 Å². The Kier molecular flexibility index (Phi) is 6.98. The smallest absolute Gasteiger partial charge is 0.243 e. The Labute approximate surface area is 191 Å². The van der Waals surface area contributed by atoms with Crippen molar-refractivity contribution < 1.29 is 13.2 Å². The van der Waals surface area contributed by atoms with Crippen LogP contribution < -0.4 is 5.32 Å². The van der Waals surface area contributed by atoms with Gasteiger partial charge in [0.1, 0.15) is 6.04 Å².